The second kappa shape index (κ2) is 7.65. The summed E-state index contributed by atoms with van der Waals surface area (Å²) in [6.45, 7) is 3.74. The number of amides is 1. The zero-order valence-corrected chi connectivity index (χ0v) is 13.6. The van der Waals surface area contributed by atoms with Crippen molar-refractivity contribution < 1.29 is 9.90 Å². The first-order valence-corrected chi connectivity index (χ1v) is 7.48. The fourth-order valence-corrected chi connectivity index (χ4v) is 2.04. The van der Waals surface area contributed by atoms with Crippen molar-refractivity contribution in [2.24, 2.45) is 5.10 Å². The molecule has 3 N–H and O–H groups in total. The van der Waals surface area contributed by atoms with Gasteiger partial charge in [0, 0.05) is 16.3 Å². The quantitative estimate of drug-likeness (QED) is 0.581. The Labute approximate surface area is 140 Å². The Hall–Kier alpha value is -2.53. The highest BCUT2D eigenvalue weighted by Crippen LogP contribution is 2.19. The summed E-state index contributed by atoms with van der Waals surface area (Å²) >= 11 is 5.84. The minimum atomic E-state index is -0.456. The smallest absolute Gasteiger partial charge is 0.262 e. The van der Waals surface area contributed by atoms with Crippen LogP contribution in [0, 0.1) is 6.92 Å². The number of nitrogens with zero attached hydrogens (tertiary/aromatic N) is 1. The van der Waals surface area contributed by atoms with Crippen LogP contribution in [0.5, 0.6) is 5.75 Å². The number of phenols is 1. The van der Waals surface area contributed by atoms with Crippen LogP contribution in [-0.4, -0.2) is 23.3 Å². The van der Waals surface area contributed by atoms with Crippen LogP contribution in [-0.2, 0) is 4.79 Å². The van der Waals surface area contributed by atoms with E-state index in [1.165, 1.54) is 12.3 Å². The first kappa shape index (κ1) is 16.8. The Morgan fingerprint density at radius 3 is 2.65 bits per heavy atom. The molecule has 23 heavy (non-hydrogen) atoms. The molecule has 0 bridgehead atoms. The lowest BCUT2D eigenvalue weighted by Crippen LogP contribution is -2.34. The van der Waals surface area contributed by atoms with Crippen LogP contribution >= 0.6 is 11.6 Å². The summed E-state index contributed by atoms with van der Waals surface area (Å²) in [5.41, 5.74) is 4.86. The number of hydrogen-bond donors (Lipinski definition) is 3. The van der Waals surface area contributed by atoms with Crippen molar-refractivity contribution in [1.29, 1.82) is 0 Å². The lowest BCUT2D eigenvalue weighted by molar-refractivity contribution is -0.121. The number of carbonyl (C=O) groups is 1. The average molecular weight is 332 g/mol. The topological polar surface area (TPSA) is 73.7 Å². The van der Waals surface area contributed by atoms with Crippen LogP contribution in [0.3, 0.4) is 0 Å². The van der Waals surface area contributed by atoms with Gasteiger partial charge < -0.3 is 10.4 Å². The van der Waals surface area contributed by atoms with Crippen molar-refractivity contribution in [1.82, 2.24) is 5.43 Å². The molecule has 1 atom stereocenters. The number of halogens is 1. The van der Waals surface area contributed by atoms with Crippen molar-refractivity contribution in [2.75, 3.05) is 5.32 Å². The van der Waals surface area contributed by atoms with Crippen LogP contribution in [0.15, 0.2) is 47.6 Å². The van der Waals surface area contributed by atoms with E-state index in [1.54, 1.807) is 19.1 Å². The Morgan fingerprint density at radius 1 is 1.26 bits per heavy atom. The van der Waals surface area contributed by atoms with Gasteiger partial charge in [-0.2, -0.15) is 5.10 Å². The number of phenolic OH excluding ortho intramolecular Hbond substituents is 1. The molecule has 0 fully saturated rings. The summed E-state index contributed by atoms with van der Waals surface area (Å²) in [5.74, 6) is -0.249. The second-order valence-corrected chi connectivity index (χ2v) is 5.61. The SMILES string of the molecule is Cc1ccc(NC(C)C(=O)N/N=C/c2cc(Cl)ccc2O)cc1. The molecule has 1 amide bonds. The molecule has 0 aliphatic carbocycles. The first-order chi connectivity index (χ1) is 11.0. The largest absolute Gasteiger partial charge is 0.507 e. The Kier molecular flexibility index (Phi) is 5.60. The van der Waals surface area contributed by atoms with Gasteiger partial charge in [0.2, 0.25) is 0 Å². The van der Waals surface area contributed by atoms with E-state index in [-0.39, 0.29) is 11.7 Å². The van der Waals surface area contributed by atoms with E-state index in [2.05, 4.69) is 15.8 Å². The maximum atomic E-state index is 12.0. The molecule has 1 unspecified atom stereocenters. The number of hydrazone groups is 1. The number of benzene rings is 2. The third-order valence-electron chi connectivity index (χ3n) is 3.20. The van der Waals surface area contributed by atoms with Crippen LogP contribution in [0.2, 0.25) is 5.02 Å². The Balaban J connectivity index is 1.92. The van der Waals surface area contributed by atoms with E-state index in [9.17, 15) is 9.90 Å². The molecule has 120 valence electrons. The molecular formula is C17H18ClN3O2. The van der Waals surface area contributed by atoms with Crippen molar-refractivity contribution in [3.63, 3.8) is 0 Å². The molecule has 0 radical (unpaired) electrons. The summed E-state index contributed by atoms with van der Waals surface area (Å²) in [4.78, 5) is 12.0. The lowest BCUT2D eigenvalue weighted by Gasteiger charge is -2.13. The molecule has 0 heterocycles. The minimum Gasteiger partial charge on any atom is -0.507 e. The first-order valence-electron chi connectivity index (χ1n) is 7.10. The number of anilines is 1. The molecule has 2 aromatic rings. The molecule has 6 heteroatoms. The molecule has 0 aliphatic heterocycles. The Morgan fingerprint density at radius 2 is 1.96 bits per heavy atom. The highest BCUT2D eigenvalue weighted by molar-refractivity contribution is 6.30. The van der Waals surface area contributed by atoms with Gasteiger partial charge in [-0.3, -0.25) is 4.79 Å². The number of aromatic hydroxyl groups is 1. The highest BCUT2D eigenvalue weighted by Gasteiger charge is 2.11. The fourth-order valence-electron chi connectivity index (χ4n) is 1.86. The monoisotopic (exact) mass is 331 g/mol. The standard InChI is InChI=1S/C17H18ClN3O2/c1-11-3-6-15(7-4-11)20-12(2)17(23)21-19-10-13-9-14(18)5-8-16(13)22/h3-10,12,20,22H,1-2H3,(H,21,23)/b19-10+. The summed E-state index contributed by atoms with van der Waals surface area (Å²) < 4.78 is 0. The van der Waals surface area contributed by atoms with Crippen LogP contribution in [0.1, 0.15) is 18.1 Å². The summed E-state index contributed by atoms with van der Waals surface area (Å²) in [6, 6.07) is 11.9. The number of rotatable bonds is 5. The van der Waals surface area contributed by atoms with E-state index in [1.807, 2.05) is 31.2 Å². The van der Waals surface area contributed by atoms with E-state index in [0.717, 1.165) is 11.3 Å². The highest BCUT2D eigenvalue weighted by atomic mass is 35.5. The molecular weight excluding hydrogens is 314 g/mol. The number of carbonyl (C=O) groups excluding carboxylic acids is 1. The van der Waals surface area contributed by atoms with Gasteiger partial charge in [0.15, 0.2) is 0 Å². The van der Waals surface area contributed by atoms with Crippen molar-refractivity contribution in [3.05, 3.63) is 58.6 Å². The lowest BCUT2D eigenvalue weighted by atomic mass is 10.2. The van der Waals surface area contributed by atoms with Crippen LogP contribution in [0.25, 0.3) is 0 Å². The molecule has 0 saturated heterocycles. The van der Waals surface area contributed by atoms with E-state index in [4.69, 9.17) is 11.6 Å². The molecule has 2 aromatic carbocycles. The van der Waals surface area contributed by atoms with Gasteiger partial charge in [0.25, 0.3) is 5.91 Å². The number of hydrogen-bond acceptors (Lipinski definition) is 4. The Bertz CT molecular complexity index is 714. The van der Waals surface area contributed by atoms with Crippen molar-refractivity contribution in [2.45, 2.75) is 19.9 Å². The molecule has 0 aliphatic rings. The molecule has 0 spiro atoms. The molecule has 0 aromatic heterocycles. The third-order valence-corrected chi connectivity index (χ3v) is 3.43. The number of aryl methyl sites for hydroxylation is 1. The van der Waals surface area contributed by atoms with Gasteiger partial charge in [-0.1, -0.05) is 29.3 Å². The third kappa shape index (κ3) is 5.00. The molecule has 5 nitrogen and oxygen atoms in total. The van der Waals surface area contributed by atoms with Gasteiger partial charge in [-0.05, 0) is 44.2 Å². The van der Waals surface area contributed by atoms with Gasteiger partial charge in [0.05, 0.1) is 6.21 Å². The summed E-state index contributed by atoms with van der Waals surface area (Å²) in [5, 5.41) is 17.0. The van der Waals surface area contributed by atoms with E-state index < -0.39 is 6.04 Å². The van der Waals surface area contributed by atoms with Crippen molar-refractivity contribution >= 4 is 29.4 Å². The predicted molar refractivity (Wildman–Crippen MR) is 93.1 cm³/mol. The zero-order valence-electron chi connectivity index (χ0n) is 12.9. The minimum absolute atomic E-state index is 0.0400. The molecule has 0 saturated carbocycles. The van der Waals surface area contributed by atoms with Crippen molar-refractivity contribution in [3.8, 4) is 5.75 Å². The maximum absolute atomic E-state index is 12.0. The zero-order chi connectivity index (χ0) is 16.8. The average Bonchev–Trinajstić information content (AvgIpc) is 2.52. The number of nitrogens with one attached hydrogen (secondary N) is 2. The van der Waals surface area contributed by atoms with E-state index >= 15 is 0 Å². The van der Waals surface area contributed by atoms with Gasteiger partial charge >= 0.3 is 0 Å². The van der Waals surface area contributed by atoms with E-state index in [0.29, 0.717) is 10.6 Å². The van der Waals surface area contributed by atoms with Crippen LogP contribution < -0.4 is 10.7 Å². The second-order valence-electron chi connectivity index (χ2n) is 5.17. The fraction of sp³-hybridized carbons (Fsp3) is 0.176. The summed E-state index contributed by atoms with van der Waals surface area (Å²) in [6.07, 6.45) is 1.34. The normalized spacial score (nSPS) is 12.1. The van der Waals surface area contributed by atoms with Gasteiger partial charge in [-0.15, -0.1) is 0 Å². The molecule has 2 rings (SSSR count). The van der Waals surface area contributed by atoms with Crippen LogP contribution in [0.4, 0.5) is 5.69 Å². The summed E-state index contributed by atoms with van der Waals surface area (Å²) in [7, 11) is 0. The predicted octanol–water partition coefficient (Wildman–Crippen LogP) is 3.30. The van der Waals surface area contributed by atoms with Gasteiger partial charge in [-0.25, -0.2) is 5.43 Å². The van der Waals surface area contributed by atoms with Gasteiger partial charge in [0.1, 0.15) is 11.8 Å². The maximum Gasteiger partial charge on any atom is 0.262 e.